The Morgan fingerprint density at radius 3 is 2.35 bits per heavy atom. The third kappa shape index (κ3) is 3.30. The van der Waals surface area contributed by atoms with Gasteiger partial charge >= 0.3 is 6.18 Å². The number of nitrogens with zero attached hydrogens (tertiary/aromatic N) is 2. The van der Waals surface area contributed by atoms with Crippen LogP contribution in [-0.2, 0) is 6.18 Å². The van der Waals surface area contributed by atoms with E-state index in [0.717, 1.165) is 16.6 Å². The van der Waals surface area contributed by atoms with Crippen molar-refractivity contribution >= 4 is 21.7 Å². The number of pyridine rings is 1. The van der Waals surface area contributed by atoms with Crippen LogP contribution in [0.25, 0.3) is 11.3 Å². The quantitative estimate of drug-likeness (QED) is 0.791. The van der Waals surface area contributed by atoms with Crippen molar-refractivity contribution in [2.75, 3.05) is 19.0 Å². The molecule has 0 bridgehead atoms. The number of aromatic nitrogens is 1. The van der Waals surface area contributed by atoms with Crippen LogP contribution in [-0.4, -0.2) is 19.1 Å². The van der Waals surface area contributed by atoms with Gasteiger partial charge in [0.05, 0.1) is 11.3 Å². The van der Waals surface area contributed by atoms with Crippen LogP contribution in [0.15, 0.2) is 40.9 Å². The van der Waals surface area contributed by atoms with Crippen molar-refractivity contribution < 1.29 is 13.2 Å². The topological polar surface area (TPSA) is 16.1 Å². The molecule has 0 aliphatic rings. The van der Waals surface area contributed by atoms with Crippen molar-refractivity contribution in [2.45, 2.75) is 6.18 Å². The first-order valence-corrected chi connectivity index (χ1v) is 6.59. The first kappa shape index (κ1) is 14.8. The SMILES string of the molecule is CN(C)c1cc(C(F)(F)F)cc(-c2cccc(Br)c2)n1. The Labute approximate surface area is 123 Å². The Balaban J connectivity index is 2.61. The van der Waals surface area contributed by atoms with Gasteiger partial charge in [-0.1, -0.05) is 28.1 Å². The maximum atomic E-state index is 13.0. The summed E-state index contributed by atoms with van der Waals surface area (Å²) < 4.78 is 39.6. The number of alkyl halides is 3. The maximum absolute atomic E-state index is 13.0. The molecule has 0 N–H and O–H groups in total. The van der Waals surface area contributed by atoms with Gasteiger partial charge in [0.15, 0.2) is 0 Å². The molecule has 0 unspecified atom stereocenters. The number of benzene rings is 1. The second kappa shape index (κ2) is 5.44. The number of halogens is 4. The minimum absolute atomic E-state index is 0.273. The van der Waals surface area contributed by atoms with Gasteiger partial charge < -0.3 is 4.90 Å². The van der Waals surface area contributed by atoms with Crippen LogP contribution in [0.5, 0.6) is 0 Å². The van der Waals surface area contributed by atoms with Gasteiger partial charge in [0.1, 0.15) is 5.82 Å². The largest absolute Gasteiger partial charge is 0.416 e. The molecule has 2 aromatic rings. The summed E-state index contributed by atoms with van der Waals surface area (Å²) in [6.07, 6.45) is -4.39. The summed E-state index contributed by atoms with van der Waals surface area (Å²) >= 11 is 3.30. The molecule has 1 heterocycles. The summed E-state index contributed by atoms with van der Waals surface area (Å²) in [6, 6.07) is 9.14. The van der Waals surface area contributed by atoms with Gasteiger partial charge in [0, 0.05) is 24.1 Å². The molecule has 0 radical (unpaired) electrons. The molecule has 1 aromatic heterocycles. The zero-order valence-corrected chi connectivity index (χ0v) is 12.5. The van der Waals surface area contributed by atoms with Gasteiger partial charge in [-0.3, -0.25) is 0 Å². The zero-order valence-electron chi connectivity index (χ0n) is 10.9. The van der Waals surface area contributed by atoms with E-state index >= 15 is 0 Å². The molecule has 0 fully saturated rings. The van der Waals surface area contributed by atoms with Crippen LogP contribution in [0.1, 0.15) is 5.56 Å². The Hall–Kier alpha value is -1.56. The molecular weight excluding hydrogens is 333 g/mol. The summed E-state index contributed by atoms with van der Waals surface area (Å²) in [7, 11) is 3.32. The molecular formula is C14H12BrF3N2. The highest BCUT2D eigenvalue weighted by Crippen LogP contribution is 2.34. The first-order chi connectivity index (χ1) is 9.27. The van der Waals surface area contributed by atoms with Crippen molar-refractivity contribution in [1.29, 1.82) is 0 Å². The fourth-order valence-electron chi connectivity index (χ4n) is 1.70. The van der Waals surface area contributed by atoms with E-state index in [0.29, 0.717) is 11.3 Å². The molecule has 6 heteroatoms. The average molecular weight is 345 g/mol. The van der Waals surface area contributed by atoms with Gasteiger partial charge in [-0.2, -0.15) is 13.2 Å². The van der Waals surface area contributed by atoms with Gasteiger partial charge in [0.25, 0.3) is 0 Å². The molecule has 0 saturated heterocycles. The van der Waals surface area contributed by atoms with Crippen molar-refractivity contribution in [3.8, 4) is 11.3 Å². The number of rotatable bonds is 2. The maximum Gasteiger partial charge on any atom is 0.416 e. The van der Waals surface area contributed by atoms with Gasteiger partial charge in [-0.05, 0) is 24.3 Å². The highest BCUT2D eigenvalue weighted by atomic mass is 79.9. The van der Waals surface area contributed by atoms with E-state index in [1.165, 1.54) is 0 Å². The van der Waals surface area contributed by atoms with E-state index in [1.807, 2.05) is 6.07 Å². The van der Waals surface area contributed by atoms with E-state index in [1.54, 1.807) is 37.2 Å². The molecule has 20 heavy (non-hydrogen) atoms. The molecule has 0 aliphatic carbocycles. The third-order valence-electron chi connectivity index (χ3n) is 2.72. The lowest BCUT2D eigenvalue weighted by molar-refractivity contribution is -0.137. The number of hydrogen-bond donors (Lipinski definition) is 0. The van der Waals surface area contributed by atoms with Gasteiger partial charge in [0.2, 0.25) is 0 Å². The van der Waals surface area contributed by atoms with Crippen LogP contribution in [0.3, 0.4) is 0 Å². The minimum atomic E-state index is -4.39. The van der Waals surface area contributed by atoms with Crippen LogP contribution in [0, 0.1) is 0 Å². The van der Waals surface area contributed by atoms with E-state index in [2.05, 4.69) is 20.9 Å². The van der Waals surface area contributed by atoms with Crippen LogP contribution >= 0.6 is 15.9 Å². The second-order valence-corrected chi connectivity index (χ2v) is 5.42. The zero-order chi connectivity index (χ0) is 14.9. The highest BCUT2D eigenvalue weighted by molar-refractivity contribution is 9.10. The monoisotopic (exact) mass is 344 g/mol. The Bertz CT molecular complexity index is 624. The van der Waals surface area contributed by atoms with Crippen molar-refractivity contribution in [2.24, 2.45) is 0 Å². The number of hydrogen-bond acceptors (Lipinski definition) is 2. The minimum Gasteiger partial charge on any atom is -0.363 e. The van der Waals surface area contributed by atoms with Crippen LogP contribution in [0.4, 0.5) is 19.0 Å². The lowest BCUT2D eigenvalue weighted by Gasteiger charge is -2.16. The van der Waals surface area contributed by atoms with Gasteiger partial charge in [-0.15, -0.1) is 0 Å². The predicted molar refractivity (Wildman–Crippen MR) is 76.7 cm³/mol. The predicted octanol–water partition coefficient (Wildman–Crippen LogP) is 4.60. The standard InChI is InChI=1S/C14H12BrF3N2/c1-20(2)13-8-10(14(16,17)18)7-12(19-13)9-4-3-5-11(15)6-9/h3-8H,1-2H3. The molecule has 106 valence electrons. The van der Waals surface area contributed by atoms with E-state index in [4.69, 9.17) is 0 Å². The molecule has 0 atom stereocenters. The second-order valence-electron chi connectivity index (χ2n) is 4.50. The van der Waals surface area contributed by atoms with E-state index in [-0.39, 0.29) is 5.82 Å². The van der Waals surface area contributed by atoms with Crippen molar-refractivity contribution in [3.05, 3.63) is 46.4 Å². The average Bonchev–Trinajstić information content (AvgIpc) is 2.37. The molecule has 0 saturated carbocycles. The molecule has 2 nitrogen and oxygen atoms in total. The van der Waals surface area contributed by atoms with Crippen LogP contribution in [0.2, 0.25) is 0 Å². The smallest absolute Gasteiger partial charge is 0.363 e. The molecule has 0 aliphatic heterocycles. The Morgan fingerprint density at radius 2 is 1.80 bits per heavy atom. The molecule has 0 amide bonds. The highest BCUT2D eigenvalue weighted by Gasteiger charge is 2.32. The first-order valence-electron chi connectivity index (χ1n) is 5.80. The molecule has 0 spiro atoms. The van der Waals surface area contributed by atoms with E-state index < -0.39 is 11.7 Å². The fourth-order valence-corrected chi connectivity index (χ4v) is 2.10. The lowest BCUT2D eigenvalue weighted by Crippen LogP contribution is -2.14. The Kier molecular flexibility index (Phi) is 4.04. The fraction of sp³-hybridized carbons (Fsp3) is 0.214. The van der Waals surface area contributed by atoms with Gasteiger partial charge in [-0.25, -0.2) is 4.98 Å². The normalized spacial score (nSPS) is 11.5. The van der Waals surface area contributed by atoms with E-state index in [9.17, 15) is 13.2 Å². The third-order valence-corrected chi connectivity index (χ3v) is 3.21. The summed E-state index contributed by atoms with van der Waals surface area (Å²) in [5.41, 5.74) is 0.226. The van der Waals surface area contributed by atoms with Crippen LogP contribution < -0.4 is 4.90 Å². The number of anilines is 1. The Morgan fingerprint density at radius 1 is 1.10 bits per heavy atom. The molecule has 1 aromatic carbocycles. The summed E-state index contributed by atoms with van der Waals surface area (Å²) in [5.74, 6) is 0.273. The lowest BCUT2D eigenvalue weighted by atomic mass is 10.1. The molecule has 2 rings (SSSR count). The summed E-state index contributed by atoms with van der Waals surface area (Å²) in [6.45, 7) is 0. The van der Waals surface area contributed by atoms with Crippen molar-refractivity contribution in [1.82, 2.24) is 4.98 Å². The summed E-state index contributed by atoms with van der Waals surface area (Å²) in [4.78, 5) is 5.82. The summed E-state index contributed by atoms with van der Waals surface area (Å²) in [5, 5.41) is 0. The van der Waals surface area contributed by atoms with Crippen molar-refractivity contribution in [3.63, 3.8) is 0 Å².